The lowest BCUT2D eigenvalue weighted by atomic mass is 9.88. The summed E-state index contributed by atoms with van der Waals surface area (Å²) in [4.78, 5) is 10.9. The first-order chi connectivity index (χ1) is 4.58. The van der Waals surface area contributed by atoms with E-state index in [1.165, 1.54) is 6.08 Å². The molecule has 1 aliphatic carbocycles. The Morgan fingerprint density at radius 1 is 1.60 bits per heavy atom. The molecule has 0 aromatic heterocycles. The largest absolute Gasteiger partial charge is 0.515 e. The van der Waals surface area contributed by atoms with Gasteiger partial charge in [-0.05, 0) is 6.08 Å². The third kappa shape index (κ3) is 0.856. The van der Waals surface area contributed by atoms with E-state index in [0.29, 0.717) is 5.57 Å². The predicted octanol–water partition coefficient (Wildman–Crippen LogP) is 1.59. The second-order valence-corrected chi connectivity index (χ2v) is 2.96. The molecule has 0 heterocycles. The molecule has 54 valence electrons. The van der Waals surface area contributed by atoms with Gasteiger partial charge in [-0.25, -0.2) is 0 Å². The summed E-state index contributed by atoms with van der Waals surface area (Å²) in [7, 11) is 0. The van der Waals surface area contributed by atoms with Gasteiger partial charge in [0.15, 0.2) is 5.78 Å². The summed E-state index contributed by atoms with van der Waals surface area (Å²) in [6.45, 7) is 3.77. The van der Waals surface area contributed by atoms with Crippen LogP contribution in [0.2, 0.25) is 0 Å². The van der Waals surface area contributed by atoms with Gasteiger partial charge in [-0.15, -0.1) is 0 Å². The minimum Gasteiger partial charge on any atom is -0.515 e. The highest BCUT2D eigenvalue weighted by atomic mass is 16.2. The quantitative estimate of drug-likeness (QED) is 0.407. The summed E-state index contributed by atoms with van der Waals surface area (Å²) < 4.78 is 0. The van der Waals surface area contributed by atoms with Crippen molar-refractivity contribution >= 4 is 5.78 Å². The van der Waals surface area contributed by atoms with Gasteiger partial charge in [0.1, 0.15) is 0 Å². The second kappa shape index (κ2) is 1.97. The molecular formula is C8H10O2. The molecule has 0 aromatic carbocycles. The van der Waals surface area contributed by atoms with E-state index in [1.807, 2.05) is 13.8 Å². The summed E-state index contributed by atoms with van der Waals surface area (Å²) in [5.41, 5.74) is 0.179. The van der Waals surface area contributed by atoms with Gasteiger partial charge in [-0.1, -0.05) is 19.9 Å². The van der Waals surface area contributed by atoms with Crippen molar-refractivity contribution < 1.29 is 9.90 Å². The van der Waals surface area contributed by atoms with Crippen LogP contribution < -0.4 is 0 Å². The van der Waals surface area contributed by atoms with Crippen molar-refractivity contribution in [2.24, 2.45) is 5.41 Å². The number of allylic oxidation sites excluding steroid dienone is 3. The summed E-state index contributed by atoms with van der Waals surface area (Å²) in [6, 6.07) is 0. The number of rotatable bonds is 0. The molecule has 0 unspecified atom stereocenters. The lowest BCUT2D eigenvalue weighted by Crippen LogP contribution is -2.10. The molecule has 0 bridgehead atoms. The molecular weight excluding hydrogens is 128 g/mol. The van der Waals surface area contributed by atoms with E-state index in [1.54, 1.807) is 6.08 Å². The zero-order chi connectivity index (χ0) is 7.78. The van der Waals surface area contributed by atoms with Crippen LogP contribution in [0.25, 0.3) is 0 Å². The van der Waals surface area contributed by atoms with Crippen molar-refractivity contribution in [2.75, 3.05) is 0 Å². The van der Waals surface area contributed by atoms with E-state index < -0.39 is 0 Å². The van der Waals surface area contributed by atoms with E-state index in [9.17, 15) is 4.79 Å². The summed E-state index contributed by atoms with van der Waals surface area (Å²) in [6.07, 6.45) is 4.17. The highest BCUT2D eigenvalue weighted by Gasteiger charge is 2.30. The Bertz CT molecular complexity index is 221. The smallest absolute Gasteiger partial charge is 0.185 e. The van der Waals surface area contributed by atoms with Gasteiger partial charge in [0, 0.05) is 11.0 Å². The maximum atomic E-state index is 10.9. The average Bonchev–Trinajstić information content (AvgIpc) is 2.07. The van der Waals surface area contributed by atoms with Crippen molar-refractivity contribution in [3.05, 3.63) is 24.0 Å². The molecule has 0 fully saturated rings. The van der Waals surface area contributed by atoms with Crippen LogP contribution in [-0.2, 0) is 4.79 Å². The molecule has 0 saturated carbocycles. The Morgan fingerprint density at radius 3 is 2.40 bits per heavy atom. The van der Waals surface area contributed by atoms with Crippen LogP contribution in [-0.4, -0.2) is 10.9 Å². The number of carbonyl (C=O) groups excluding carboxylic acids is 1. The molecule has 10 heavy (non-hydrogen) atoms. The number of hydrogen-bond donors (Lipinski definition) is 1. The maximum Gasteiger partial charge on any atom is 0.185 e. The Balaban J connectivity index is 3.05. The molecule has 2 heteroatoms. The summed E-state index contributed by atoms with van der Waals surface area (Å²) >= 11 is 0. The van der Waals surface area contributed by atoms with Gasteiger partial charge in [0.2, 0.25) is 0 Å². The summed E-state index contributed by atoms with van der Waals surface area (Å²) in [5.74, 6) is -0.0903. The molecule has 0 spiro atoms. The first-order valence-electron chi connectivity index (χ1n) is 3.16. The van der Waals surface area contributed by atoms with Crippen molar-refractivity contribution in [3.63, 3.8) is 0 Å². The number of aliphatic hydroxyl groups is 1. The average molecular weight is 138 g/mol. The minimum absolute atomic E-state index is 0.0903. The third-order valence-electron chi connectivity index (χ3n) is 1.74. The van der Waals surface area contributed by atoms with Crippen LogP contribution in [0, 0.1) is 5.41 Å². The molecule has 0 atom stereocenters. The zero-order valence-corrected chi connectivity index (χ0v) is 6.09. The molecule has 0 aliphatic heterocycles. The molecule has 1 N–H and O–H groups in total. The molecule has 0 saturated heterocycles. The van der Waals surface area contributed by atoms with E-state index in [0.717, 1.165) is 6.26 Å². The van der Waals surface area contributed by atoms with Crippen LogP contribution >= 0.6 is 0 Å². The number of ketones is 1. The Kier molecular flexibility index (Phi) is 1.39. The zero-order valence-electron chi connectivity index (χ0n) is 6.09. The fourth-order valence-corrected chi connectivity index (χ4v) is 1.01. The maximum absolute atomic E-state index is 10.9. The number of carbonyl (C=O) groups is 1. The Morgan fingerprint density at radius 2 is 2.20 bits per heavy atom. The van der Waals surface area contributed by atoms with Crippen molar-refractivity contribution in [3.8, 4) is 0 Å². The third-order valence-corrected chi connectivity index (χ3v) is 1.74. The lowest BCUT2D eigenvalue weighted by molar-refractivity contribution is -0.111. The molecule has 1 aliphatic rings. The van der Waals surface area contributed by atoms with Gasteiger partial charge in [0.25, 0.3) is 0 Å². The van der Waals surface area contributed by atoms with E-state index >= 15 is 0 Å². The van der Waals surface area contributed by atoms with Crippen molar-refractivity contribution in [1.82, 2.24) is 0 Å². The SMILES string of the molecule is CC1(C)C=CC(=O)/C1=C/O. The first-order valence-corrected chi connectivity index (χ1v) is 3.16. The van der Waals surface area contributed by atoms with Gasteiger partial charge < -0.3 is 5.11 Å². The highest BCUT2D eigenvalue weighted by Crippen LogP contribution is 2.33. The van der Waals surface area contributed by atoms with Crippen LogP contribution in [0.3, 0.4) is 0 Å². The molecule has 1 rings (SSSR count). The highest BCUT2D eigenvalue weighted by molar-refractivity contribution is 6.07. The van der Waals surface area contributed by atoms with Crippen molar-refractivity contribution in [2.45, 2.75) is 13.8 Å². The van der Waals surface area contributed by atoms with Crippen LogP contribution in [0.1, 0.15) is 13.8 Å². The summed E-state index contributed by atoms with van der Waals surface area (Å²) in [5, 5.41) is 8.65. The second-order valence-electron chi connectivity index (χ2n) is 2.96. The fraction of sp³-hybridized carbons (Fsp3) is 0.375. The fourth-order valence-electron chi connectivity index (χ4n) is 1.01. The van der Waals surface area contributed by atoms with Crippen molar-refractivity contribution in [1.29, 1.82) is 0 Å². The van der Waals surface area contributed by atoms with E-state index in [-0.39, 0.29) is 11.2 Å². The Hall–Kier alpha value is -1.05. The molecule has 0 aromatic rings. The lowest BCUT2D eigenvalue weighted by Gasteiger charge is -2.14. The van der Waals surface area contributed by atoms with Gasteiger partial charge >= 0.3 is 0 Å². The van der Waals surface area contributed by atoms with E-state index in [2.05, 4.69) is 0 Å². The van der Waals surface area contributed by atoms with Gasteiger partial charge in [-0.3, -0.25) is 4.79 Å². The standard InChI is InChI=1S/C8H10O2/c1-8(2)4-3-7(10)6(8)5-9/h3-5,9H,1-2H3/b6-5-. The first kappa shape index (κ1) is 7.06. The predicted molar refractivity (Wildman–Crippen MR) is 38.6 cm³/mol. The Labute approximate surface area is 59.9 Å². The van der Waals surface area contributed by atoms with Crippen LogP contribution in [0.15, 0.2) is 24.0 Å². The minimum atomic E-state index is -0.286. The van der Waals surface area contributed by atoms with Crippen LogP contribution in [0.5, 0.6) is 0 Å². The van der Waals surface area contributed by atoms with Gasteiger partial charge in [-0.2, -0.15) is 0 Å². The number of hydrogen-bond acceptors (Lipinski definition) is 2. The van der Waals surface area contributed by atoms with E-state index in [4.69, 9.17) is 5.11 Å². The monoisotopic (exact) mass is 138 g/mol. The molecule has 0 amide bonds. The van der Waals surface area contributed by atoms with Gasteiger partial charge in [0.05, 0.1) is 6.26 Å². The molecule has 2 nitrogen and oxygen atoms in total. The molecule has 0 radical (unpaired) electrons. The number of aliphatic hydroxyl groups excluding tert-OH is 1. The normalized spacial score (nSPS) is 26.2. The topological polar surface area (TPSA) is 37.3 Å². The van der Waals surface area contributed by atoms with Crippen LogP contribution in [0.4, 0.5) is 0 Å².